The maximum Gasteiger partial charge on any atom is 0.251 e. The molecule has 132 valence electrons. The fourth-order valence-electron chi connectivity index (χ4n) is 2.47. The van der Waals surface area contributed by atoms with E-state index in [0.29, 0.717) is 11.1 Å². The van der Waals surface area contributed by atoms with Gasteiger partial charge in [-0.2, -0.15) is 0 Å². The van der Waals surface area contributed by atoms with E-state index in [4.69, 9.17) is 5.73 Å². The van der Waals surface area contributed by atoms with Crippen LogP contribution in [0.25, 0.3) is 0 Å². The number of carbonyl (C=O) groups is 2. The first-order chi connectivity index (χ1) is 11.7. The summed E-state index contributed by atoms with van der Waals surface area (Å²) in [6.07, 6.45) is 0.00776. The van der Waals surface area contributed by atoms with Gasteiger partial charge in [0.25, 0.3) is 5.91 Å². The van der Waals surface area contributed by atoms with Crippen molar-refractivity contribution >= 4 is 11.8 Å². The molecule has 0 heterocycles. The summed E-state index contributed by atoms with van der Waals surface area (Å²) in [5, 5.41) is 2.59. The minimum Gasteiger partial charge on any atom is -0.368 e. The molecular formula is C20H23FN2O2. The average molecular weight is 342 g/mol. The number of benzene rings is 2. The monoisotopic (exact) mass is 342 g/mol. The van der Waals surface area contributed by atoms with Crippen molar-refractivity contribution in [2.45, 2.75) is 38.6 Å². The molecule has 0 fully saturated rings. The van der Waals surface area contributed by atoms with Crippen LogP contribution in [0.5, 0.6) is 0 Å². The molecule has 4 nitrogen and oxygen atoms in total. The smallest absolute Gasteiger partial charge is 0.251 e. The number of hydrogen-bond acceptors (Lipinski definition) is 2. The first-order valence-corrected chi connectivity index (χ1v) is 8.12. The van der Waals surface area contributed by atoms with Crippen LogP contribution in [0.2, 0.25) is 0 Å². The quantitative estimate of drug-likeness (QED) is 0.877. The number of amides is 2. The Morgan fingerprint density at radius 2 is 1.68 bits per heavy atom. The van der Waals surface area contributed by atoms with Crippen LogP contribution in [0.3, 0.4) is 0 Å². The lowest BCUT2D eigenvalue weighted by Crippen LogP contribution is -2.46. The van der Waals surface area contributed by atoms with E-state index in [1.165, 1.54) is 6.07 Å². The van der Waals surface area contributed by atoms with Crippen molar-refractivity contribution in [2.75, 3.05) is 0 Å². The lowest BCUT2D eigenvalue weighted by atomic mass is 9.86. The lowest BCUT2D eigenvalue weighted by Gasteiger charge is -2.20. The van der Waals surface area contributed by atoms with Gasteiger partial charge >= 0.3 is 0 Å². The van der Waals surface area contributed by atoms with Crippen molar-refractivity contribution in [3.05, 3.63) is 71.0 Å². The second kappa shape index (κ2) is 7.47. The van der Waals surface area contributed by atoms with Crippen LogP contribution in [-0.4, -0.2) is 17.9 Å². The fourth-order valence-corrected chi connectivity index (χ4v) is 2.47. The van der Waals surface area contributed by atoms with E-state index in [1.807, 2.05) is 12.1 Å². The topological polar surface area (TPSA) is 72.2 Å². The zero-order valence-corrected chi connectivity index (χ0v) is 14.7. The Kier molecular flexibility index (Phi) is 5.57. The summed E-state index contributed by atoms with van der Waals surface area (Å²) < 4.78 is 13.8. The Morgan fingerprint density at radius 3 is 2.20 bits per heavy atom. The van der Waals surface area contributed by atoms with E-state index in [-0.39, 0.29) is 11.8 Å². The molecule has 5 heteroatoms. The van der Waals surface area contributed by atoms with Crippen LogP contribution in [-0.2, 0) is 16.6 Å². The van der Waals surface area contributed by atoms with Gasteiger partial charge < -0.3 is 11.1 Å². The van der Waals surface area contributed by atoms with Crippen LogP contribution in [0.4, 0.5) is 4.39 Å². The molecule has 1 atom stereocenters. The van der Waals surface area contributed by atoms with Crippen molar-refractivity contribution in [3.8, 4) is 0 Å². The highest BCUT2D eigenvalue weighted by atomic mass is 19.1. The second-order valence-corrected chi connectivity index (χ2v) is 7.05. The molecule has 2 aromatic rings. The third-order valence-electron chi connectivity index (χ3n) is 4.04. The Morgan fingerprint density at radius 1 is 1.08 bits per heavy atom. The third kappa shape index (κ3) is 4.89. The van der Waals surface area contributed by atoms with Gasteiger partial charge in [-0.15, -0.1) is 0 Å². The molecule has 0 aliphatic rings. The molecule has 0 aliphatic carbocycles. The summed E-state index contributed by atoms with van der Waals surface area (Å²) in [6, 6.07) is 12.3. The summed E-state index contributed by atoms with van der Waals surface area (Å²) in [7, 11) is 0. The van der Waals surface area contributed by atoms with E-state index in [1.54, 1.807) is 30.3 Å². The van der Waals surface area contributed by atoms with Gasteiger partial charge in [0.05, 0.1) is 0 Å². The fraction of sp³-hybridized carbons (Fsp3) is 0.300. The van der Waals surface area contributed by atoms with Crippen LogP contribution in [0.15, 0.2) is 48.5 Å². The third-order valence-corrected chi connectivity index (χ3v) is 4.04. The molecule has 0 unspecified atom stereocenters. The highest BCUT2D eigenvalue weighted by Crippen LogP contribution is 2.22. The van der Waals surface area contributed by atoms with Crippen molar-refractivity contribution in [1.29, 1.82) is 0 Å². The Balaban J connectivity index is 2.13. The van der Waals surface area contributed by atoms with Gasteiger partial charge in [-0.05, 0) is 34.7 Å². The van der Waals surface area contributed by atoms with Gasteiger partial charge in [-0.25, -0.2) is 4.39 Å². The molecule has 2 amide bonds. The highest BCUT2D eigenvalue weighted by Gasteiger charge is 2.21. The van der Waals surface area contributed by atoms with E-state index >= 15 is 0 Å². The zero-order chi connectivity index (χ0) is 18.6. The number of nitrogens with one attached hydrogen (secondary N) is 1. The first kappa shape index (κ1) is 18.6. The molecule has 0 radical (unpaired) electrons. The standard InChI is InChI=1S/C20H23FN2O2/c1-20(2,3)15-10-8-13(9-11-15)19(25)23-17(18(22)24)12-14-6-4-5-7-16(14)21/h4-11,17H,12H2,1-3H3,(H2,22,24)(H,23,25)/t17-/m1/s1. The molecule has 2 aromatic carbocycles. The summed E-state index contributed by atoms with van der Waals surface area (Å²) in [5.74, 6) is -1.55. The molecule has 3 N–H and O–H groups in total. The Labute approximate surface area is 147 Å². The highest BCUT2D eigenvalue weighted by molar-refractivity contribution is 5.97. The summed E-state index contributed by atoms with van der Waals surface area (Å²) in [4.78, 5) is 24.0. The first-order valence-electron chi connectivity index (χ1n) is 8.12. The lowest BCUT2D eigenvalue weighted by molar-refractivity contribution is -0.119. The molecule has 2 rings (SSSR count). The van der Waals surface area contributed by atoms with E-state index in [2.05, 4.69) is 26.1 Å². The molecule has 0 saturated heterocycles. The minimum absolute atomic E-state index is 0.00776. The van der Waals surface area contributed by atoms with Crippen molar-refractivity contribution < 1.29 is 14.0 Å². The maximum absolute atomic E-state index is 13.8. The Bertz CT molecular complexity index is 764. The second-order valence-electron chi connectivity index (χ2n) is 7.05. The van der Waals surface area contributed by atoms with Gasteiger partial charge in [0.1, 0.15) is 11.9 Å². The molecule has 25 heavy (non-hydrogen) atoms. The van der Waals surface area contributed by atoms with Gasteiger partial charge in [0.15, 0.2) is 0 Å². The van der Waals surface area contributed by atoms with Crippen LogP contribution in [0, 0.1) is 5.82 Å². The number of halogens is 1. The van der Waals surface area contributed by atoms with E-state index < -0.39 is 23.7 Å². The zero-order valence-electron chi connectivity index (χ0n) is 14.7. The summed E-state index contributed by atoms with van der Waals surface area (Å²) in [6.45, 7) is 6.25. The van der Waals surface area contributed by atoms with Gasteiger partial charge in [0.2, 0.25) is 5.91 Å². The van der Waals surface area contributed by atoms with Crippen LogP contribution >= 0.6 is 0 Å². The summed E-state index contributed by atoms with van der Waals surface area (Å²) >= 11 is 0. The van der Waals surface area contributed by atoms with Crippen molar-refractivity contribution in [2.24, 2.45) is 5.73 Å². The van der Waals surface area contributed by atoms with Crippen LogP contribution < -0.4 is 11.1 Å². The van der Waals surface area contributed by atoms with Crippen LogP contribution in [0.1, 0.15) is 42.3 Å². The normalized spacial score (nSPS) is 12.5. The summed E-state index contributed by atoms with van der Waals surface area (Å²) in [5.41, 5.74) is 7.20. The maximum atomic E-state index is 13.8. The molecular weight excluding hydrogens is 319 g/mol. The van der Waals surface area contributed by atoms with Crippen molar-refractivity contribution in [3.63, 3.8) is 0 Å². The van der Waals surface area contributed by atoms with Gasteiger partial charge in [-0.1, -0.05) is 51.1 Å². The average Bonchev–Trinajstić information content (AvgIpc) is 2.55. The predicted octanol–water partition coefficient (Wildman–Crippen LogP) is 2.95. The molecule has 0 saturated carbocycles. The number of nitrogens with two attached hydrogens (primary N) is 1. The molecule has 0 bridgehead atoms. The van der Waals surface area contributed by atoms with Gasteiger partial charge in [0, 0.05) is 12.0 Å². The predicted molar refractivity (Wildman–Crippen MR) is 95.7 cm³/mol. The Hall–Kier alpha value is -2.69. The van der Waals surface area contributed by atoms with Gasteiger partial charge in [-0.3, -0.25) is 9.59 Å². The minimum atomic E-state index is -0.980. The SMILES string of the molecule is CC(C)(C)c1ccc(C(=O)N[C@H](Cc2ccccc2F)C(N)=O)cc1. The number of carbonyl (C=O) groups excluding carboxylic acids is 2. The number of hydrogen-bond donors (Lipinski definition) is 2. The molecule has 0 aromatic heterocycles. The molecule has 0 spiro atoms. The van der Waals surface area contributed by atoms with E-state index in [0.717, 1.165) is 5.56 Å². The number of rotatable bonds is 5. The number of primary amides is 1. The van der Waals surface area contributed by atoms with E-state index in [9.17, 15) is 14.0 Å². The van der Waals surface area contributed by atoms with Crippen molar-refractivity contribution in [1.82, 2.24) is 5.32 Å². The molecule has 0 aliphatic heterocycles. The largest absolute Gasteiger partial charge is 0.368 e.